The Morgan fingerprint density at radius 1 is 1.16 bits per heavy atom. The quantitative estimate of drug-likeness (QED) is 0.416. The summed E-state index contributed by atoms with van der Waals surface area (Å²) in [5.41, 5.74) is 2.90. The number of benzene rings is 1. The van der Waals surface area contributed by atoms with E-state index in [9.17, 15) is 9.59 Å². The van der Waals surface area contributed by atoms with Crippen molar-refractivity contribution in [3.63, 3.8) is 0 Å². The van der Waals surface area contributed by atoms with Gasteiger partial charge in [-0.1, -0.05) is 36.0 Å². The molecule has 0 radical (unpaired) electrons. The van der Waals surface area contributed by atoms with Gasteiger partial charge in [0.1, 0.15) is 12.0 Å². The highest BCUT2D eigenvalue weighted by molar-refractivity contribution is 7.99. The molecule has 1 aliphatic heterocycles. The Hall–Kier alpha value is -3.00. The van der Waals surface area contributed by atoms with Gasteiger partial charge in [-0.3, -0.25) is 14.6 Å². The molecule has 0 bridgehead atoms. The number of thioether (sulfide) groups is 1. The van der Waals surface area contributed by atoms with Gasteiger partial charge in [0.25, 0.3) is 5.91 Å². The molecule has 3 aromatic rings. The monoisotopic (exact) mass is 435 g/mol. The predicted molar refractivity (Wildman–Crippen MR) is 119 cm³/mol. The number of aryl methyl sites for hydroxylation is 1. The molecule has 4 rings (SSSR count). The van der Waals surface area contributed by atoms with Gasteiger partial charge in [0.2, 0.25) is 0 Å². The van der Waals surface area contributed by atoms with Crippen molar-refractivity contribution in [1.82, 2.24) is 24.6 Å². The van der Waals surface area contributed by atoms with E-state index in [2.05, 4.69) is 28.2 Å². The van der Waals surface area contributed by atoms with Gasteiger partial charge in [0, 0.05) is 43.6 Å². The topological polar surface area (TPSA) is 81.0 Å². The van der Waals surface area contributed by atoms with Crippen LogP contribution in [0.5, 0.6) is 0 Å². The minimum atomic E-state index is -0.0955. The summed E-state index contributed by atoms with van der Waals surface area (Å²) >= 11 is 1.62. The lowest BCUT2D eigenvalue weighted by Gasteiger charge is -2.15. The maximum atomic E-state index is 12.9. The number of likely N-dealkylation sites (tertiary alicyclic amines) is 1. The normalized spacial score (nSPS) is 14.6. The van der Waals surface area contributed by atoms with E-state index in [0.717, 1.165) is 42.2 Å². The molecule has 1 aromatic carbocycles. The molecule has 8 heteroatoms. The van der Waals surface area contributed by atoms with E-state index < -0.39 is 0 Å². The van der Waals surface area contributed by atoms with E-state index in [4.69, 9.17) is 0 Å². The van der Waals surface area contributed by atoms with Gasteiger partial charge in [-0.15, -0.1) is 10.2 Å². The zero-order chi connectivity index (χ0) is 21.8. The first kappa shape index (κ1) is 21.2. The van der Waals surface area contributed by atoms with E-state index >= 15 is 0 Å². The van der Waals surface area contributed by atoms with Crippen LogP contribution in [-0.4, -0.2) is 49.4 Å². The number of Topliss-reactive ketones (excluding diaryl/α,β-unsaturated/α-hetero) is 1. The average molecular weight is 436 g/mol. The Morgan fingerprint density at radius 2 is 1.97 bits per heavy atom. The summed E-state index contributed by atoms with van der Waals surface area (Å²) in [5.74, 6) is -0.118. The fourth-order valence-corrected chi connectivity index (χ4v) is 4.56. The van der Waals surface area contributed by atoms with Crippen LogP contribution in [0, 0.1) is 0 Å². The van der Waals surface area contributed by atoms with E-state index in [1.807, 2.05) is 34.7 Å². The maximum Gasteiger partial charge on any atom is 0.253 e. The number of rotatable bonds is 7. The SMILES string of the molecule is C[C@H](Sc1nncn1C)c1cccc(CC(=O)c2cc(C(=O)N3CCCC3)ccn2)c1. The molecule has 0 saturated carbocycles. The van der Waals surface area contributed by atoms with Crippen molar-refractivity contribution in [2.75, 3.05) is 13.1 Å². The van der Waals surface area contributed by atoms with Crippen molar-refractivity contribution in [3.8, 4) is 0 Å². The second-order valence-electron chi connectivity index (χ2n) is 7.76. The number of pyridine rings is 1. The number of nitrogens with zero attached hydrogens (tertiary/aromatic N) is 5. The van der Waals surface area contributed by atoms with E-state index in [1.54, 1.807) is 36.4 Å². The highest BCUT2D eigenvalue weighted by Crippen LogP contribution is 2.33. The summed E-state index contributed by atoms with van der Waals surface area (Å²) in [4.78, 5) is 31.6. The lowest BCUT2D eigenvalue weighted by atomic mass is 10.0. The summed E-state index contributed by atoms with van der Waals surface area (Å²) in [7, 11) is 1.92. The second-order valence-corrected chi connectivity index (χ2v) is 9.07. The van der Waals surface area contributed by atoms with Crippen molar-refractivity contribution in [2.24, 2.45) is 7.05 Å². The molecule has 0 spiro atoms. The number of hydrogen-bond donors (Lipinski definition) is 0. The Morgan fingerprint density at radius 3 is 2.71 bits per heavy atom. The average Bonchev–Trinajstić information content (AvgIpc) is 3.46. The van der Waals surface area contributed by atoms with Crippen LogP contribution in [-0.2, 0) is 13.5 Å². The standard InChI is InChI=1S/C23H25N5O2S/c1-16(31-23-26-25-15-27(23)2)18-7-5-6-17(12-18)13-21(29)20-14-19(8-9-24-20)22(30)28-10-3-4-11-28/h5-9,12,14-16H,3-4,10-11,13H2,1-2H3/t16-/m0/s1. The second kappa shape index (κ2) is 9.43. The number of carbonyl (C=O) groups is 2. The lowest BCUT2D eigenvalue weighted by molar-refractivity contribution is 0.0792. The number of amides is 1. The van der Waals surface area contributed by atoms with Crippen LogP contribution >= 0.6 is 11.8 Å². The Kier molecular flexibility index (Phi) is 6.46. The molecule has 1 atom stereocenters. The minimum Gasteiger partial charge on any atom is -0.339 e. The van der Waals surface area contributed by atoms with Gasteiger partial charge >= 0.3 is 0 Å². The van der Waals surface area contributed by atoms with Crippen molar-refractivity contribution in [1.29, 1.82) is 0 Å². The molecule has 2 aromatic heterocycles. The molecule has 1 saturated heterocycles. The number of aromatic nitrogens is 4. The summed E-state index contributed by atoms with van der Waals surface area (Å²) < 4.78 is 1.89. The molecule has 0 aliphatic carbocycles. The van der Waals surface area contributed by atoms with Gasteiger partial charge in [0.05, 0.1) is 0 Å². The van der Waals surface area contributed by atoms with Crippen LogP contribution in [0.25, 0.3) is 0 Å². The number of ketones is 1. The Balaban J connectivity index is 1.45. The zero-order valence-corrected chi connectivity index (χ0v) is 18.5. The van der Waals surface area contributed by atoms with Gasteiger partial charge in [0.15, 0.2) is 10.9 Å². The number of hydrogen-bond acceptors (Lipinski definition) is 6. The third-order valence-corrected chi connectivity index (χ3v) is 6.63. The van der Waals surface area contributed by atoms with E-state index in [0.29, 0.717) is 11.3 Å². The molecule has 0 unspecified atom stereocenters. The summed E-state index contributed by atoms with van der Waals surface area (Å²) in [6, 6.07) is 11.3. The van der Waals surface area contributed by atoms with Crippen molar-refractivity contribution >= 4 is 23.5 Å². The molecule has 0 N–H and O–H groups in total. The minimum absolute atomic E-state index is 0.0226. The van der Waals surface area contributed by atoms with Crippen LogP contribution in [0.2, 0.25) is 0 Å². The van der Waals surface area contributed by atoms with Gasteiger partial charge in [-0.05, 0) is 43.0 Å². The molecule has 7 nitrogen and oxygen atoms in total. The molecule has 1 fully saturated rings. The first-order valence-corrected chi connectivity index (χ1v) is 11.3. The highest BCUT2D eigenvalue weighted by Gasteiger charge is 2.21. The first-order valence-electron chi connectivity index (χ1n) is 10.4. The molecular weight excluding hydrogens is 410 g/mol. The van der Waals surface area contributed by atoms with Gasteiger partial charge in [-0.2, -0.15) is 0 Å². The van der Waals surface area contributed by atoms with Crippen LogP contribution < -0.4 is 0 Å². The number of carbonyl (C=O) groups excluding carboxylic acids is 2. The Labute approximate surface area is 185 Å². The van der Waals surface area contributed by atoms with Crippen molar-refractivity contribution < 1.29 is 9.59 Å². The fourth-order valence-electron chi connectivity index (χ4n) is 3.66. The molecule has 1 aliphatic rings. The van der Waals surface area contributed by atoms with E-state index in [1.165, 1.54) is 0 Å². The van der Waals surface area contributed by atoms with Crippen molar-refractivity contribution in [2.45, 2.75) is 36.6 Å². The third-order valence-electron chi connectivity index (χ3n) is 5.42. The highest BCUT2D eigenvalue weighted by atomic mass is 32.2. The maximum absolute atomic E-state index is 12.9. The molecule has 160 valence electrons. The summed E-state index contributed by atoms with van der Waals surface area (Å²) in [5, 5.41) is 9.05. The molecule has 31 heavy (non-hydrogen) atoms. The van der Waals surface area contributed by atoms with Crippen LogP contribution in [0.4, 0.5) is 0 Å². The van der Waals surface area contributed by atoms with E-state index in [-0.39, 0.29) is 23.4 Å². The third kappa shape index (κ3) is 5.02. The fraction of sp³-hybridized carbons (Fsp3) is 0.348. The summed E-state index contributed by atoms with van der Waals surface area (Å²) in [6.07, 6.45) is 5.54. The summed E-state index contributed by atoms with van der Waals surface area (Å²) in [6.45, 7) is 3.67. The largest absolute Gasteiger partial charge is 0.339 e. The molecular formula is C23H25N5O2S. The Bertz CT molecular complexity index is 1090. The van der Waals surface area contributed by atoms with Crippen LogP contribution in [0.1, 0.15) is 57.0 Å². The van der Waals surface area contributed by atoms with Crippen molar-refractivity contribution in [3.05, 3.63) is 71.3 Å². The first-order chi connectivity index (χ1) is 15.0. The molecule has 3 heterocycles. The smallest absolute Gasteiger partial charge is 0.253 e. The predicted octanol–water partition coefficient (Wildman–Crippen LogP) is 3.72. The van der Waals surface area contributed by atoms with Gasteiger partial charge in [-0.25, -0.2) is 0 Å². The van der Waals surface area contributed by atoms with Crippen LogP contribution in [0.3, 0.4) is 0 Å². The van der Waals surface area contributed by atoms with Crippen LogP contribution in [0.15, 0.2) is 54.1 Å². The lowest BCUT2D eigenvalue weighted by Crippen LogP contribution is -2.27. The van der Waals surface area contributed by atoms with Gasteiger partial charge < -0.3 is 9.47 Å². The molecule has 1 amide bonds. The zero-order valence-electron chi connectivity index (χ0n) is 17.7.